The van der Waals surface area contributed by atoms with Gasteiger partial charge in [0.25, 0.3) is 0 Å². The summed E-state index contributed by atoms with van der Waals surface area (Å²) in [5, 5.41) is 10.7. The van der Waals surface area contributed by atoms with E-state index >= 15 is 0 Å². The van der Waals surface area contributed by atoms with Crippen LogP contribution in [0.25, 0.3) is 0 Å². The average molecular weight is 268 g/mol. The number of aliphatic hydroxyl groups is 1. The zero-order valence-corrected chi connectivity index (χ0v) is 12.5. The molecule has 3 nitrogen and oxygen atoms in total. The Hall–Kier alpha value is -0.610. The topological polar surface area (TPSA) is 36.4 Å². The molecule has 1 N–H and O–H groups in total. The van der Waals surface area contributed by atoms with Crippen LogP contribution in [0, 0.1) is 12.8 Å². The minimum Gasteiger partial charge on any atom is -0.388 e. The van der Waals surface area contributed by atoms with Crippen molar-refractivity contribution in [1.29, 1.82) is 0 Å². The number of hydrogen-bond acceptors (Lipinski definition) is 4. The van der Waals surface area contributed by atoms with Crippen LogP contribution in [0.1, 0.15) is 55.7 Å². The van der Waals surface area contributed by atoms with Crippen molar-refractivity contribution in [2.45, 2.75) is 52.1 Å². The number of rotatable bonds is 4. The summed E-state index contributed by atoms with van der Waals surface area (Å²) in [5.41, 5.74) is 0.973. The van der Waals surface area contributed by atoms with E-state index in [9.17, 15) is 5.11 Å². The fraction of sp³-hybridized carbons (Fsp3) is 0.786. The van der Waals surface area contributed by atoms with Crippen LogP contribution in [0.5, 0.6) is 0 Å². The van der Waals surface area contributed by atoms with Gasteiger partial charge < -0.3 is 10.0 Å². The molecule has 102 valence electrons. The highest BCUT2D eigenvalue weighted by molar-refractivity contribution is 7.15. The van der Waals surface area contributed by atoms with Gasteiger partial charge in [-0.15, -0.1) is 0 Å². The Morgan fingerprint density at radius 3 is 2.61 bits per heavy atom. The zero-order valence-electron chi connectivity index (χ0n) is 11.6. The highest BCUT2D eigenvalue weighted by atomic mass is 32.1. The monoisotopic (exact) mass is 268 g/mol. The lowest BCUT2D eigenvalue weighted by Gasteiger charge is -2.26. The number of aromatic nitrogens is 1. The van der Waals surface area contributed by atoms with Crippen molar-refractivity contribution < 1.29 is 5.11 Å². The van der Waals surface area contributed by atoms with Crippen LogP contribution in [0.2, 0.25) is 0 Å². The van der Waals surface area contributed by atoms with Gasteiger partial charge in [-0.2, -0.15) is 0 Å². The molecule has 0 aromatic carbocycles. The zero-order chi connectivity index (χ0) is 13.1. The molecule has 0 spiro atoms. The summed E-state index contributed by atoms with van der Waals surface area (Å²) in [4.78, 5) is 7.85. The van der Waals surface area contributed by atoms with E-state index in [0.29, 0.717) is 0 Å². The predicted octanol–water partition coefficient (Wildman–Crippen LogP) is 3.52. The lowest BCUT2D eigenvalue weighted by molar-refractivity contribution is 0.202. The van der Waals surface area contributed by atoms with E-state index in [1.807, 2.05) is 13.8 Å². The molecule has 0 bridgehead atoms. The minimum atomic E-state index is -0.403. The van der Waals surface area contributed by atoms with Crippen LogP contribution < -0.4 is 4.90 Å². The quantitative estimate of drug-likeness (QED) is 0.907. The van der Waals surface area contributed by atoms with Gasteiger partial charge in [-0.25, -0.2) is 4.98 Å². The van der Waals surface area contributed by atoms with E-state index in [0.717, 1.165) is 28.2 Å². The summed E-state index contributed by atoms with van der Waals surface area (Å²) in [6, 6.07) is 0. The second-order valence-corrected chi connectivity index (χ2v) is 6.52. The Balaban J connectivity index is 1.99. The molecule has 1 heterocycles. The number of aryl methyl sites for hydroxylation is 1. The third kappa shape index (κ3) is 3.23. The maximum atomic E-state index is 9.67. The number of anilines is 1. The second-order valence-electron chi connectivity index (χ2n) is 5.51. The lowest BCUT2D eigenvalue weighted by atomic mass is 9.89. The molecule has 1 aromatic heterocycles. The summed E-state index contributed by atoms with van der Waals surface area (Å²) in [6.45, 7) is 4.90. The fourth-order valence-electron chi connectivity index (χ4n) is 2.78. The highest BCUT2D eigenvalue weighted by Gasteiger charge is 2.19. The smallest absolute Gasteiger partial charge is 0.185 e. The van der Waals surface area contributed by atoms with Crippen molar-refractivity contribution in [1.82, 2.24) is 4.98 Å². The molecular formula is C14H24N2OS. The molecule has 4 heteroatoms. The van der Waals surface area contributed by atoms with Crippen LogP contribution in [-0.4, -0.2) is 23.7 Å². The van der Waals surface area contributed by atoms with Crippen LogP contribution >= 0.6 is 11.3 Å². The lowest BCUT2D eigenvalue weighted by Crippen LogP contribution is -2.26. The fourth-order valence-corrected chi connectivity index (χ4v) is 3.75. The Morgan fingerprint density at radius 2 is 2.06 bits per heavy atom. The van der Waals surface area contributed by atoms with Crippen LogP contribution in [0.15, 0.2) is 0 Å². The summed E-state index contributed by atoms with van der Waals surface area (Å²) < 4.78 is 0. The summed E-state index contributed by atoms with van der Waals surface area (Å²) >= 11 is 1.63. The first kappa shape index (κ1) is 13.8. The molecule has 1 saturated carbocycles. The number of thiazole rings is 1. The average Bonchev–Trinajstić information content (AvgIpc) is 2.73. The van der Waals surface area contributed by atoms with Gasteiger partial charge >= 0.3 is 0 Å². The molecule has 0 amide bonds. The van der Waals surface area contributed by atoms with Crippen LogP contribution in [0.4, 0.5) is 5.13 Å². The molecule has 18 heavy (non-hydrogen) atoms. The first-order valence-electron chi connectivity index (χ1n) is 6.94. The molecule has 0 saturated heterocycles. The molecule has 1 fully saturated rings. The Kier molecular flexibility index (Phi) is 4.62. The molecule has 1 atom stereocenters. The number of nitrogens with zero attached hydrogens (tertiary/aromatic N) is 2. The summed E-state index contributed by atoms with van der Waals surface area (Å²) in [6.07, 6.45) is 6.49. The standard InChI is InChI=1S/C14H24N2OS/c1-10-13(11(2)17)18-14(15-10)16(3)9-12-7-5-4-6-8-12/h11-12,17H,4-9H2,1-3H3. The van der Waals surface area contributed by atoms with E-state index in [1.165, 1.54) is 32.1 Å². The summed E-state index contributed by atoms with van der Waals surface area (Å²) in [7, 11) is 2.12. The van der Waals surface area contributed by atoms with Gasteiger partial charge in [0.1, 0.15) is 0 Å². The third-order valence-electron chi connectivity index (χ3n) is 3.78. The van der Waals surface area contributed by atoms with Gasteiger partial charge in [-0.05, 0) is 32.6 Å². The molecule has 1 aliphatic carbocycles. The van der Waals surface area contributed by atoms with E-state index in [-0.39, 0.29) is 0 Å². The number of aliphatic hydroxyl groups excluding tert-OH is 1. The van der Waals surface area contributed by atoms with Gasteiger partial charge in [0.2, 0.25) is 0 Å². The van der Waals surface area contributed by atoms with E-state index < -0.39 is 6.10 Å². The molecule has 0 aliphatic heterocycles. The number of hydrogen-bond donors (Lipinski definition) is 1. The van der Waals surface area contributed by atoms with Gasteiger partial charge in [0.05, 0.1) is 16.7 Å². The molecule has 2 rings (SSSR count). The Labute approximate surface area is 114 Å². The van der Waals surface area contributed by atoms with Crippen LogP contribution in [-0.2, 0) is 0 Å². The van der Waals surface area contributed by atoms with E-state index in [1.54, 1.807) is 11.3 Å². The second kappa shape index (κ2) is 6.02. The molecule has 1 aliphatic rings. The van der Waals surface area contributed by atoms with Crippen molar-refractivity contribution in [3.8, 4) is 0 Å². The molecular weight excluding hydrogens is 244 g/mol. The Morgan fingerprint density at radius 1 is 1.39 bits per heavy atom. The van der Waals surface area contributed by atoms with Crippen LogP contribution in [0.3, 0.4) is 0 Å². The highest BCUT2D eigenvalue weighted by Crippen LogP contribution is 2.32. The van der Waals surface area contributed by atoms with Crippen molar-refractivity contribution in [2.75, 3.05) is 18.5 Å². The van der Waals surface area contributed by atoms with Crippen molar-refractivity contribution in [3.05, 3.63) is 10.6 Å². The van der Waals surface area contributed by atoms with Crippen molar-refractivity contribution in [2.24, 2.45) is 5.92 Å². The minimum absolute atomic E-state index is 0.403. The normalized spacial score (nSPS) is 18.9. The third-order valence-corrected chi connectivity index (χ3v) is 5.23. The first-order chi connectivity index (χ1) is 8.58. The van der Waals surface area contributed by atoms with Gasteiger partial charge in [-0.3, -0.25) is 0 Å². The predicted molar refractivity (Wildman–Crippen MR) is 77.3 cm³/mol. The van der Waals surface area contributed by atoms with Crippen molar-refractivity contribution in [3.63, 3.8) is 0 Å². The van der Waals surface area contributed by atoms with E-state index in [2.05, 4.69) is 16.9 Å². The first-order valence-corrected chi connectivity index (χ1v) is 7.76. The molecule has 1 aromatic rings. The van der Waals surface area contributed by atoms with Gasteiger partial charge in [0, 0.05) is 13.6 Å². The molecule has 0 radical (unpaired) electrons. The van der Waals surface area contributed by atoms with Crippen molar-refractivity contribution >= 4 is 16.5 Å². The maximum absolute atomic E-state index is 9.67. The maximum Gasteiger partial charge on any atom is 0.185 e. The van der Waals surface area contributed by atoms with Gasteiger partial charge in [-0.1, -0.05) is 30.6 Å². The SMILES string of the molecule is Cc1nc(N(C)CC2CCCCC2)sc1C(C)O. The summed E-state index contributed by atoms with van der Waals surface area (Å²) in [5.74, 6) is 0.822. The Bertz CT molecular complexity index is 383. The van der Waals surface area contributed by atoms with Gasteiger partial charge in [0.15, 0.2) is 5.13 Å². The van der Waals surface area contributed by atoms with E-state index in [4.69, 9.17) is 0 Å². The largest absolute Gasteiger partial charge is 0.388 e. The molecule has 1 unspecified atom stereocenters.